The lowest BCUT2D eigenvalue weighted by molar-refractivity contribution is -0.153. The minimum Gasteiger partial charge on any atom is -0.484 e. The van der Waals surface area contributed by atoms with E-state index < -0.39 is 12.8 Å². The Bertz CT molecular complexity index is 655. The maximum Gasteiger partial charge on any atom is 0.422 e. The van der Waals surface area contributed by atoms with Gasteiger partial charge in [-0.1, -0.05) is 6.42 Å². The molecule has 0 spiro atoms. The highest BCUT2D eigenvalue weighted by Crippen LogP contribution is 2.42. The smallest absolute Gasteiger partial charge is 0.422 e. The van der Waals surface area contributed by atoms with Crippen molar-refractivity contribution in [3.05, 3.63) is 23.8 Å². The van der Waals surface area contributed by atoms with E-state index >= 15 is 0 Å². The van der Waals surface area contributed by atoms with Crippen molar-refractivity contribution in [2.24, 2.45) is 23.5 Å². The van der Waals surface area contributed by atoms with Gasteiger partial charge in [-0.15, -0.1) is 12.4 Å². The molecule has 4 nitrogen and oxygen atoms in total. The van der Waals surface area contributed by atoms with Gasteiger partial charge in [0.15, 0.2) is 6.61 Å². The molecule has 27 heavy (non-hydrogen) atoms. The summed E-state index contributed by atoms with van der Waals surface area (Å²) in [6.45, 7) is 0.329. The van der Waals surface area contributed by atoms with E-state index in [0.29, 0.717) is 23.1 Å². The average molecular weight is 407 g/mol. The summed E-state index contributed by atoms with van der Waals surface area (Å²) in [4.78, 5) is 12.6. The van der Waals surface area contributed by atoms with Crippen LogP contribution >= 0.6 is 12.4 Å². The molecule has 2 fully saturated rings. The molecule has 152 valence electrons. The largest absolute Gasteiger partial charge is 0.484 e. The number of halogens is 4. The molecular weight excluding hydrogens is 381 g/mol. The number of ether oxygens (including phenoxy) is 1. The van der Waals surface area contributed by atoms with E-state index in [9.17, 15) is 18.0 Å². The fourth-order valence-corrected chi connectivity index (χ4v) is 4.30. The van der Waals surface area contributed by atoms with Crippen molar-refractivity contribution in [2.75, 3.05) is 11.9 Å². The van der Waals surface area contributed by atoms with Gasteiger partial charge < -0.3 is 15.8 Å². The van der Waals surface area contributed by atoms with Gasteiger partial charge in [0, 0.05) is 17.6 Å². The standard InChI is InChI=1S/C19H25F3N2O2.ClH/c1-11-7-15(5-6-16(11)26-10-19(20,21)22)24-18(25)14-8-12-3-2-4-13(9-14)17(12)23;/h5-7,12-14,17H,2-4,8-10,23H2,1H3,(H,24,25);1H. The van der Waals surface area contributed by atoms with E-state index in [0.717, 1.165) is 25.7 Å². The summed E-state index contributed by atoms with van der Waals surface area (Å²) in [5.41, 5.74) is 7.40. The maximum atomic E-state index is 12.6. The zero-order valence-corrected chi connectivity index (χ0v) is 16.0. The molecule has 3 N–H and O–H groups in total. The molecule has 0 aromatic heterocycles. The predicted octanol–water partition coefficient (Wildman–Crippen LogP) is 4.45. The minimum absolute atomic E-state index is 0. The summed E-state index contributed by atoms with van der Waals surface area (Å²) in [6, 6.07) is 4.88. The van der Waals surface area contributed by atoms with E-state index in [1.165, 1.54) is 12.5 Å². The summed E-state index contributed by atoms with van der Waals surface area (Å²) < 4.78 is 41.6. The summed E-state index contributed by atoms with van der Waals surface area (Å²) in [6.07, 6.45) is 0.622. The van der Waals surface area contributed by atoms with E-state index in [1.807, 2.05) is 0 Å². The molecule has 0 radical (unpaired) electrons. The van der Waals surface area contributed by atoms with Crippen LogP contribution in [0.4, 0.5) is 18.9 Å². The van der Waals surface area contributed by atoms with E-state index in [4.69, 9.17) is 10.5 Å². The highest BCUT2D eigenvalue weighted by Gasteiger charge is 2.40. The van der Waals surface area contributed by atoms with Crippen molar-refractivity contribution in [1.29, 1.82) is 0 Å². The molecule has 8 heteroatoms. The van der Waals surface area contributed by atoms with Crippen LogP contribution in [0.15, 0.2) is 18.2 Å². The molecule has 2 saturated carbocycles. The third-order valence-electron chi connectivity index (χ3n) is 5.62. The van der Waals surface area contributed by atoms with Crippen LogP contribution in [0.5, 0.6) is 5.75 Å². The number of hydrogen-bond donors (Lipinski definition) is 2. The van der Waals surface area contributed by atoms with Gasteiger partial charge in [-0.2, -0.15) is 13.2 Å². The van der Waals surface area contributed by atoms with Crippen LogP contribution in [0.1, 0.15) is 37.7 Å². The summed E-state index contributed by atoms with van der Waals surface area (Å²) in [7, 11) is 0. The number of rotatable bonds is 4. The lowest BCUT2D eigenvalue weighted by Gasteiger charge is -2.43. The maximum absolute atomic E-state index is 12.6. The number of nitrogens with two attached hydrogens (primary N) is 1. The summed E-state index contributed by atoms with van der Waals surface area (Å²) >= 11 is 0. The van der Waals surface area contributed by atoms with Crippen LogP contribution in [0, 0.1) is 24.7 Å². The monoisotopic (exact) mass is 406 g/mol. The Morgan fingerprint density at radius 2 is 1.89 bits per heavy atom. The number of carbonyl (C=O) groups is 1. The first-order valence-corrected chi connectivity index (χ1v) is 9.09. The van der Waals surface area contributed by atoms with E-state index in [2.05, 4.69) is 5.32 Å². The zero-order valence-electron chi connectivity index (χ0n) is 15.2. The summed E-state index contributed by atoms with van der Waals surface area (Å²) in [5, 5.41) is 2.90. The molecule has 2 aliphatic rings. The number of amides is 1. The topological polar surface area (TPSA) is 64.4 Å². The van der Waals surface area contributed by atoms with Crippen LogP contribution < -0.4 is 15.8 Å². The number of hydrogen-bond acceptors (Lipinski definition) is 3. The van der Waals surface area contributed by atoms with Gasteiger partial charge >= 0.3 is 6.18 Å². The van der Waals surface area contributed by atoms with E-state index in [1.54, 1.807) is 19.1 Å². The Balaban J connectivity index is 0.00000261. The molecule has 2 bridgehead atoms. The lowest BCUT2D eigenvalue weighted by atomic mass is 9.65. The van der Waals surface area contributed by atoms with Crippen molar-refractivity contribution in [2.45, 2.75) is 51.2 Å². The van der Waals surface area contributed by atoms with Crippen molar-refractivity contribution in [3.8, 4) is 5.75 Å². The number of fused-ring (bicyclic) bond motifs is 2. The van der Waals surface area contributed by atoms with Crippen LogP contribution in [0.2, 0.25) is 0 Å². The van der Waals surface area contributed by atoms with Crippen molar-refractivity contribution >= 4 is 24.0 Å². The highest BCUT2D eigenvalue weighted by molar-refractivity contribution is 5.92. The Kier molecular flexibility index (Phi) is 7.03. The molecule has 0 heterocycles. The van der Waals surface area contributed by atoms with Crippen molar-refractivity contribution in [1.82, 2.24) is 0 Å². The van der Waals surface area contributed by atoms with Gasteiger partial charge in [0.2, 0.25) is 5.91 Å². The first-order chi connectivity index (χ1) is 12.2. The van der Waals surface area contributed by atoms with Crippen LogP contribution in [0.25, 0.3) is 0 Å². The average Bonchev–Trinajstić information content (AvgIpc) is 2.52. The lowest BCUT2D eigenvalue weighted by Crippen LogP contribution is -2.48. The van der Waals surface area contributed by atoms with Crippen molar-refractivity contribution < 1.29 is 22.7 Å². The molecule has 2 unspecified atom stereocenters. The van der Waals surface area contributed by atoms with Crippen LogP contribution in [0.3, 0.4) is 0 Å². The highest BCUT2D eigenvalue weighted by atomic mass is 35.5. The van der Waals surface area contributed by atoms with Gasteiger partial charge in [0.1, 0.15) is 5.75 Å². The Labute approximate surface area is 163 Å². The number of alkyl halides is 3. The second kappa shape index (κ2) is 8.69. The van der Waals surface area contributed by atoms with Gasteiger partial charge in [-0.3, -0.25) is 4.79 Å². The molecule has 1 aromatic rings. The fourth-order valence-electron chi connectivity index (χ4n) is 4.30. The molecule has 0 saturated heterocycles. The Hall–Kier alpha value is -1.47. The number of aryl methyl sites for hydroxylation is 1. The van der Waals surface area contributed by atoms with Crippen LogP contribution in [-0.4, -0.2) is 24.7 Å². The molecule has 0 aliphatic heterocycles. The second-order valence-electron chi connectivity index (χ2n) is 7.57. The predicted molar refractivity (Wildman–Crippen MR) is 100 cm³/mol. The quantitative estimate of drug-likeness (QED) is 0.776. The number of anilines is 1. The first-order valence-electron chi connectivity index (χ1n) is 9.09. The van der Waals surface area contributed by atoms with Gasteiger partial charge in [-0.05, 0) is 68.2 Å². The first kappa shape index (κ1) is 21.8. The zero-order chi connectivity index (χ0) is 18.9. The molecule has 3 rings (SSSR count). The molecule has 2 atom stereocenters. The van der Waals surface area contributed by atoms with Gasteiger partial charge in [-0.25, -0.2) is 0 Å². The molecular formula is C19H26ClF3N2O2. The number of nitrogens with one attached hydrogen (secondary N) is 1. The normalized spacial score (nSPS) is 27.4. The van der Waals surface area contributed by atoms with Crippen LogP contribution in [-0.2, 0) is 4.79 Å². The number of benzene rings is 1. The van der Waals surface area contributed by atoms with Crippen molar-refractivity contribution in [3.63, 3.8) is 0 Å². The molecule has 1 amide bonds. The Morgan fingerprint density at radius 3 is 2.44 bits per heavy atom. The van der Waals surface area contributed by atoms with Gasteiger partial charge in [0.05, 0.1) is 0 Å². The van der Waals surface area contributed by atoms with Gasteiger partial charge in [0.25, 0.3) is 0 Å². The summed E-state index contributed by atoms with van der Waals surface area (Å²) in [5.74, 6) is 0.915. The van der Waals surface area contributed by atoms with E-state index in [-0.39, 0.29) is 36.0 Å². The third kappa shape index (κ3) is 5.51. The number of carbonyl (C=O) groups excluding carboxylic acids is 1. The second-order valence-corrected chi connectivity index (χ2v) is 7.57. The fraction of sp³-hybridized carbons (Fsp3) is 0.632. The third-order valence-corrected chi connectivity index (χ3v) is 5.62. The minimum atomic E-state index is -4.38. The Morgan fingerprint density at radius 1 is 1.26 bits per heavy atom. The SMILES string of the molecule is Cc1cc(NC(=O)C2CC3CCCC(C2)C3N)ccc1OCC(F)(F)F.Cl. The molecule has 2 aliphatic carbocycles. The molecule has 1 aromatic carbocycles.